The molecule has 182 valence electrons. The van der Waals surface area contributed by atoms with E-state index in [0.717, 1.165) is 32.1 Å². The van der Waals surface area contributed by atoms with Crippen LogP contribution in [0.1, 0.15) is 138 Å². The Morgan fingerprint density at radius 3 is 1.47 bits per heavy atom. The molecule has 1 unspecified atom stereocenters. The third-order valence-electron chi connectivity index (χ3n) is 7.03. The molecular formula is C27H57O2P. The molecule has 0 N–H and O–H groups in total. The summed E-state index contributed by atoms with van der Waals surface area (Å²) in [6, 6.07) is 0. The molecule has 0 heterocycles. The fraction of sp³-hybridized carbons (Fsp3) is 0.963. The summed E-state index contributed by atoms with van der Waals surface area (Å²) in [4.78, 5) is 13.6. The van der Waals surface area contributed by atoms with Gasteiger partial charge in [-0.2, -0.15) is 0 Å². The summed E-state index contributed by atoms with van der Waals surface area (Å²) in [5.41, 5.74) is 0. The van der Waals surface area contributed by atoms with Gasteiger partial charge in [-0.1, -0.05) is 0 Å². The zero-order chi connectivity index (χ0) is 22.7. The molecule has 0 aromatic heterocycles. The minimum atomic E-state index is -2.50. The van der Waals surface area contributed by atoms with Crippen molar-refractivity contribution in [3.05, 3.63) is 0 Å². The fourth-order valence-electron chi connectivity index (χ4n) is 4.97. The monoisotopic (exact) mass is 444 g/mol. The Balaban J connectivity index is 5.93. The average molecular weight is 445 g/mol. The summed E-state index contributed by atoms with van der Waals surface area (Å²) in [5.74, 6) is 0.304. The Bertz CT molecular complexity index is 397. The van der Waals surface area contributed by atoms with Crippen LogP contribution in [0.2, 0.25) is 0 Å². The predicted molar refractivity (Wildman–Crippen MR) is 139 cm³/mol. The van der Waals surface area contributed by atoms with Crippen molar-refractivity contribution in [2.75, 3.05) is 24.6 Å². The summed E-state index contributed by atoms with van der Waals surface area (Å²) < 4.78 is 7.02. The second kappa shape index (κ2) is 17.5. The number of carbonyl (C=O) groups is 1. The topological polar surface area (TPSA) is 26.3 Å². The van der Waals surface area contributed by atoms with Gasteiger partial charge < -0.3 is 0 Å². The molecule has 0 aromatic carbocycles. The van der Waals surface area contributed by atoms with Crippen LogP contribution in [0.15, 0.2) is 0 Å². The zero-order valence-electron chi connectivity index (χ0n) is 21.8. The summed E-state index contributed by atoms with van der Waals surface area (Å²) in [7, 11) is 0. The van der Waals surface area contributed by atoms with E-state index in [2.05, 4.69) is 41.5 Å². The molecule has 0 radical (unpaired) electrons. The molecule has 0 aliphatic carbocycles. The van der Waals surface area contributed by atoms with Gasteiger partial charge in [-0.05, 0) is 0 Å². The van der Waals surface area contributed by atoms with E-state index in [0.29, 0.717) is 0 Å². The van der Waals surface area contributed by atoms with E-state index < -0.39 is 6.83 Å². The molecule has 3 heteroatoms. The van der Waals surface area contributed by atoms with Crippen LogP contribution in [0.3, 0.4) is 0 Å². The molecule has 0 bridgehead atoms. The molecule has 0 amide bonds. The van der Waals surface area contributed by atoms with Crippen LogP contribution in [0.4, 0.5) is 0 Å². The van der Waals surface area contributed by atoms with Crippen molar-refractivity contribution in [1.82, 2.24) is 0 Å². The number of hydrogen-bond donors (Lipinski definition) is 0. The molecule has 0 aliphatic heterocycles. The third-order valence-corrected chi connectivity index (χ3v) is 13.5. The van der Waals surface area contributed by atoms with Gasteiger partial charge in [0.25, 0.3) is 0 Å². The van der Waals surface area contributed by atoms with Gasteiger partial charge >= 0.3 is 191 Å². The Labute approximate surface area is 190 Å². The Hall–Kier alpha value is -0.100. The summed E-state index contributed by atoms with van der Waals surface area (Å²) in [5, 5.41) is 0. The van der Waals surface area contributed by atoms with Crippen LogP contribution in [0.5, 0.6) is 0 Å². The van der Waals surface area contributed by atoms with Crippen LogP contribution in [-0.4, -0.2) is 30.6 Å². The van der Waals surface area contributed by atoms with Gasteiger partial charge in [0.15, 0.2) is 0 Å². The third kappa shape index (κ3) is 11.0. The Morgan fingerprint density at radius 1 is 0.567 bits per heavy atom. The summed E-state index contributed by atoms with van der Waals surface area (Å²) >= 11 is 0. The van der Waals surface area contributed by atoms with Crippen LogP contribution in [0.25, 0.3) is 0 Å². The molecule has 0 saturated carbocycles. The normalized spacial score (nSPS) is 14.3. The van der Waals surface area contributed by atoms with E-state index >= 15 is 0 Å². The first kappa shape index (κ1) is 29.9. The van der Waals surface area contributed by atoms with Gasteiger partial charge in [0.2, 0.25) is 0 Å². The molecule has 30 heavy (non-hydrogen) atoms. The fourth-order valence-corrected chi connectivity index (χ4v) is 11.7. The molecule has 0 aliphatic rings. The van der Waals surface area contributed by atoms with Crippen molar-refractivity contribution in [3.63, 3.8) is 0 Å². The van der Waals surface area contributed by atoms with E-state index in [9.17, 15) is 4.79 Å². The van der Waals surface area contributed by atoms with Crippen molar-refractivity contribution in [1.29, 1.82) is 0 Å². The van der Waals surface area contributed by atoms with E-state index in [4.69, 9.17) is 4.52 Å². The van der Waals surface area contributed by atoms with E-state index in [-0.39, 0.29) is 11.9 Å². The number of rotatable bonds is 21. The van der Waals surface area contributed by atoms with E-state index in [1.807, 2.05) is 0 Å². The van der Waals surface area contributed by atoms with Crippen molar-refractivity contribution < 1.29 is 9.32 Å². The van der Waals surface area contributed by atoms with Crippen LogP contribution in [0, 0.1) is 5.92 Å². The number of hydrogen-bond acceptors (Lipinski definition) is 2. The molecule has 0 saturated heterocycles. The zero-order valence-corrected chi connectivity index (χ0v) is 22.7. The van der Waals surface area contributed by atoms with Gasteiger partial charge in [0, 0.05) is 0 Å². The van der Waals surface area contributed by atoms with Gasteiger partial charge in [-0.15, -0.1) is 0 Å². The summed E-state index contributed by atoms with van der Waals surface area (Å²) in [6.07, 6.45) is 22.6. The molecule has 2 nitrogen and oxygen atoms in total. The van der Waals surface area contributed by atoms with E-state index in [1.54, 1.807) is 0 Å². The molecule has 0 fully saturated rings. The average Bonchev–Trinajstić information content (AvgIpc) is 2.75. The minimum absolute atomic E-state index is 0.122. The van der Waals surface area contributed by atoms with Crippen molar-refractivity contribution in [2.24, 2.45) is 5.92 Å². The van der Waals surface area contributed by atoms with E-state index in [1.165, 1.54) is 88.9 Å². The van der Waals surface area contributed by atoms with Gasteiger partial charge in [0.05, 0.1) is 0 Å². The standard InChI is InChI=1S/C27H57O2P/c1-7-13-18-19-25-30(22-15-9-3,23-16-10-4,24-17-11-5)29-27(28)26(20-12-6)21-14-8-2/h26H,7-25H2,1-6H3. The van der Waals surface area contributed by atoms with Gasteiger partial charge in [-0.25, -0.2) is 0 Å². The molecule has 1 atom stereocenters. The first-order chi connectivity index (χ1) is 14.5. The van der Waals surface area contributed by atoms with Crippen molar-refractivity contribution in [3.8, 4) is 0 Å². The quantitative estimate of drug-likeness (QED) is 0.130. The SMILES string of the molecule is CCCCCCP(CCCC)(CCCC)(CCCC)OC(=O)C(CCC)CCCC. The van der Waals surface area contributed by atoms with Crippen LogP contribution < -0.4 is 0 Å². The van der Waals surface area contributed by atoms with Crippen LogP contribution >= 0.6 is 6.83 Å². The number of unbranched alkanes of at least 4 members (excludes halogenated alkanes) is 7. The van der Waals surface area contributed by atoms with Crippen molar-refractivity contribution in [2.45, 2.75) is 138 Å². The second-order valence-corrected chi connectivity index (χ2v) is 15.6. The second-order valence-electron chi connectivity index (χ2n) is 9.91. The predicted octanol–water partition coefficient (Wildman–Crippen LogP) is 9.58. The molecular weight excluding hydrogens is 387 g/mol. The van der Waals surface area contributed by atoms with Crippen LogP contribution in [-0.2, 0) is 9.32 Å². The molecule has 0 rings (SSSR count). The van der Waals surface area contributed by atoms with Gasteiger partial charge in [-0.3, -0.25) is 0 Å². The maximum absolute atomic E-state index is 13.6. The molecule has 0 spiro atoms. The Morgan fingerprint density at radius 2 is 1.03 bits per heavy atom. The Kier molecular flexibility index (Phi) is 17.4. The maximum atomic E-state index is 13.6. The first-order valence-corrected chi connectivity index (χ1v) is 16.6. The number of carbonyl (C=O) groups excluding carboxylic acids is 1. The first-order valence-electron chi connectivity index (χ1n) is 13.7. The van der Waals surface area contributed by atoms with Crippen molar-refractivity contribution >= 4 is 12.8 Å². The summed E-state index contributed by atoms with van der Waals surface area (Å²) in [6.45, 7) is 11.1. The van der Waals surface area contributed by atoms with Gasteiger partial charge in [0.1, 0.15) is 0 Å². The molecule has 0 aromatic rings.